The van der Waals surface area contributed by atoms with Crippen LogP contribution in [-0.4, -0.2) is 35.8 Å². The summed E-state index contributed by atoms with van der Waals surface area (Å²) in [4.78, 5) is 18.0. The summed E-state index contributed by atoms with van der Waals surface area (Å²) in [6.07, 6.45) is -2.64. The molecule has 0 spiro atoms. The molecule has 0 saturated heterocycles. The molecule has 0 fully saturated rings. The van der Waals surface area contributed by atoms with Gasteiger partial charge < -0.3 is 15.4 Å². The van der Waals surface area contributed by atoms with Gasteiger partial charge in [-0.15, -0.1) is 13.2 Å². The minimum absolute atomic E-state index is 0.160. The first-order valence-corrected chi connectivity index (χ1v) is 4.93. The van der Waals surface area contributed by atoms with Crippen molar-refractivity contribution in [2.24, 2.45) is 0 Å². The zero-order chi connectivity index (χ0) is 13.6. The number of alkyl halides is 3. The lowest BCUT2D eigenvalue weighted by atomic mass is 10.4. The number of hydrogen-bond donors (Lipinski definition) is 2. The van der Waals surface area contributed by atoms with Crippen molar-refractivity contribution in [1.82, 2.24) is 15.3 Å². The van der Waals surface area contributed by atoms with Crippen LogP contribution in [0.1, 0.15) is 6.42 Å². The van der Waals surface area contributed by atoms with Gasteiger partial charge in [0.1, 0.15) is 5.82 Å². The lowest BCUT2D eigenvalue weighted by Crippen LogP contribution is -2.21. The Morgan fingerprint density at radius 3 is 2.61 bits per heavy atom. The number of ether oxygens (including phenoxy) is 1. The Balaban J connectivity index is 2.43. The summed E-state index contributed by atoms with van der Waals surface area (Å²) in [6.45, 7) is 0.299. The highest BCUT2D eigenvalue weighted by atomic mass is 19.4. The largest absolute Gasteiger partial charge is 0.574 e. The van der Waals surface area contributed by atoms with E-state index in [-0.39, 0.29) is 18.1 Å². The first-order chi connectivity index (χ1) is 8.40. The summed E-state index contributed by atoms with van der Waals surface area (Å²) >= 11 is 0. The SMILES string of the molecule is CNC(=O)CCNc1cnc(OC(F)(F)F)cn1. The van der Waals surface area contributed by atoms with Crippen LogP contribution in [0.5, 0.6) is 5.88 Å². The Hall–Kier alpha value is -2.06. The van der Waals surface area contributed by atoms with Crippen LogP contribution in [0.4, 0.5) is 19.0 Å². The van der Waals surface area contributed by atoms with E-state index in [0.717, 1.165) is 12.4 Å². The van der Waals surface area contributed by atoms with Gasteiger partial charge in [-0.1, -0.05) is 0 Å². The van der Waals surface area contributed by atoms with Gasteiger partial charge in [-0.25, -0.2) is 9.97 Å². The summed E-state index contributed by atoms with van der Waals surface area (Å²) in [7, 11) is 1.51. The molecule has 1 heterocycles. The second-order valence-electron chi connectivity index (χ2n) is 3.14. The van der Waals surface area contributed by atoms with E-state index in [4.69, 9.17) is 0 Å². The van der Waals surface area contributed by atoms with Crippen molar-refractivity contribution in [3.8, 4) is 5.88 Å². The Kier molecular flexibility index (Phi) is 4.69. The summed E-state index contributed by atoms with van der Waals surface area (Å²) in [5, 5.41) is 5.15. The van der Waals surface area contributed by atoms with Crippen molar-refractivity contribution in [2.45, 2.75) is 12.8 Å². The van der Waals surface area contributed by atoms with Crippen LogP contribution in [0.25, 0.3) is 0 Å². The maximum absolute atomic E-state index is 11.8. The summed E-state index contributed by atoms with van der Waals surface area (Å²) in [6, 6.07) is 0. The van der Waals surface area contributed by atoms with Crippen LogP contribution >= 0.6 is 0 Å². The first-order valence-electron chi connectivity index (χ1n) is 4.93. The zero-order valence-electron chi connectivity index (χ0n) is 9.41. The van der Waals surface area contributed by atoms with Crippen LogP contribution in [0.15, 0.2) is 12.4 Å². The Morgan fingerprint density at radius 2 is 2.11 bits per heavy atom. The van der Waals surface area contributed by atoms with Gasteiger partial charge in [-0.05, 0) is 0 Å². The maximum Gasteiger partial charge on any atom is 0.574 e. The quantitative estimate of drug-likeness (QED) is 0.827. The molecular weight excluding hydrogens is 253 g/mol. The van der Waals surface area contributed by atoms with Crippen LogP contribution in [0.2, 0.25) is 0 Å². The third kappa shape index (κ3) is 5.32. The summed E-state index contributed by atoms with van der Waals surface area (Å²) in [5.41, 5.74) is 0. The van der Waals surface area contributed by atoms with Crippen LogP contribution in [0.3, 0.4) is 0 Å². The second-order valence-corrected chi connectivity index (χ2v) is 3.14. The molecular formula is C9H11F3N4O2. The van der Waals surface area contributed by atoms with Crippen molar-refractivity contribution >= 4 is 11.7 Å². The molecule has 18 heavy (non-hydrogen) atoms. The fraction of sp³-hybridized carbons (Fsp3) is 0.444. The molecule has 1 rings (SSSR count). The molecule has 0 aliphatic carbocycles. The molecule has 2 N–H and O–H groups in total. The number of amides is 1. The predicted molar refractivity (Wildman–Crippen MR) is 55.9 cm³/mol. The Morgan fingerprint density at radius 1 is 1.39 bits per heavy atom. The van der Waals surface area contributed by atoms with Gasteiger partial charge in [-0.2, -0.15) is 0 Å². The molecule has 0 aromatic carbocycles. The van der Waals surface area contributed by atoms with Crippen molar-refractivity contribution in [3.05, 3.63) is 12.4 Å². The predicted octanol–water partition coefficient (Wildman–Crippen LogP) is 0.923. The monoisotopic (exact) mass is 264 g/mol. The third-order valence-electron chi connectivity index (χ3n) is 1.79. The number of hydrogen-bond acceptors (Lipinski definition) is 5. The van der Waals surface area contributed by atoms with Crippen molar-refractivity contribution < 1.29 is 22.7 Å². The average Bonchev–Trinajstić information content (AvgIpc) is 2.29. The number of rotatable bonds is 5. The fourth-order valence-electron chi connectivity index (χ4n) is 1.01. The number of carbonyl (C=O) groups excluding carboxylic acids is 1. The van der Waals surface area contributed by atoms with E-state index in [2.05, 4.69) is 25.3 Å². The van der Waals surface area contributed by atoms with Gasteiger partial charge in [0.2, 0.25) is 11.8 Å². The van der Waals surface area contributed by atoms with E-state index in [1.165, 1.54) is 7.05 Å². The molecule has 1 amide bonds. The van der Waals surface area contributed by atoms with Gasteiger partial charge in [0, 0.05) is 20.0 Å². The van der Waals surface area contributed by atoms with Crippen molar-refractivity contribution in [2.75, 3.05) is 18.9 Å². The lowest BCUT2D eigenvalue weighted by molar-refractivity contribution is -0.276. The van der Waals surface area contributed by atoms with Crippen molar-refractivity contribution in [3.63, 3.8) is 0 Å². The molecule has 100 valence electrons. The number of nitrogens with one attached hydrogen (secondary N) is 2. The molecule has 1 aromatic heterocycles. The minimum Gasteiger partial charge on any atom is -0.386 e. The highest BCUT2D eigenvalue weighted by molar-refractivity contribution is 5.75. The topological polar surface area (TPSA) is 76.1 Å². The molecule has 0 aliphatic heterocycles. The molecule has 0 saturated carbocycles. The van der Waals surface area contributed by atoms with E-state index in [0.29, 0.717) is 6.54 Å². The highest BCUT2D eigenvalue weighted by Crippen LogP contribution is 2.20. The van der Waals surface area contributed by atoms with E-state index in [1.807, 2.05) is 0 Å². The van der Waals surface area contributed by atoms with Gasteiger partial charge in [0.05, 0.1) is 12.4 Å². The number of nitrogens with zero attached hydrogens (tertiary/aromatic N) is 2. The third-order valence-corrected chi connectivity index (χ3v) is 1.79. The normalized spacial score (nSPS) is 10.9. The Bertz CT molecular complexity index is 394. The van der Waals surface area contributed by atoms with Gasteiger partial charge in [0.25, 0.3) is 0 Å². The lowest BCUT2D eigenvalue weighted by Gasteiger charge is -2.08. The second kappa shape index (κ2) is 6.03. The first kappa shape index (κ1) is 14.0. The van der Waals surface area contributed by atoms with E-state index < -0.39 is 12.2 Å². The molecule has 0 aliphatic rings. The van der Waals surface area contributed by atoms with Crippen LogP contribution in [0, 0.1) is 0 Å². The average molecular weight is 264 g/mol. The van der Waals surface area contributed by atoms with Gasteiger partial charge in [0.15, 0.2) is 0 Å². The highest BCUT2D eigenvalue weighted by Gasteiger charge is 2.31. The molecule has 6 nitrogen and oxygen atoms in total. The van der Waals surface area contributed by atoms with E-state index in [9.17, 15) is 18.0 Å². The summed E-state index contributed by atoms with van der Waals surface area (Å²) < 4.78 is 39.0. The fourth-order valence-corrected chi connectivity index (χ4v) is 1.01. The smallest absolute Gasteiger partial charge is 0.386 e. The summed E-state index contributed by atoms with van der Waals surface area (Å²) in [5.74, 6) is -0.541. The van der Waals surface area contributed by atoms with Crippen LogP contribution < -0.4 is 15.4 Å². The minimum atomic E-state index is -4.79. The number of anilines is 1. The van der Waals surface area contributed by atoms with Crippen molar-refractivity contribution in [1.29, 1.82) is 0 Å². The van der Waals surface area contributed by atoms with E-state index >= 15 is 0 Å². The zero-order valence-corrected chi connectivity index (χ0v) is 9.41. The standard InChI is InChI=1S/C9H11F3N4O2/c1-13-7(17)2-3-14-6-4-16-8(5-15-6)18-9(10,11)12/h4-5H,2-3H2,1H3,(H,13,17)(H,14,15). The molecule has 0 atom stereocenters. The van der Waals surface area contributed by atoms with Crippen LogP contribution in [-0.2, 0) is 4.79 Å². The number of carbonyl (C=O) groups is 1. The molecule has 9 heteroatoms. The molecule has 0 unspecified atom stereocenters. The molecule has 0 bridgehead atoms. The van der Waals surface area contributed by atoms with Gasteiger partial charge >= 0.3 is 6.36 Å². The number of halogens is 3. The van der Waals surface area contributed by atoms with E-state index in [1.54, 1.807) is 0 Å². The molecule has 0 radical (unpaired) electrons. The van der Waals surface area contributed by atoms with Gasteiger partial charge in [-0.3, -0.25) is 4.79 Å². The Labute approximate surface area is 101 Å². The maximum atomic E-state index is 11.8. The molecule has 1 aromatic rings. The number of aromatic nitrogens is 2.